The predicted octanol–water partition coefficient (Wildman–Crippen LogP) is 3.17. The van der Waals surface area contributed by atoms with Gasteiger partial charge in [-0.15, -0.1) is 0 Å². The first-order chi connectivity index (χ1) is 10.5. The average Bonchev–Trinajstić information content (AvgIpc) is 2.94. The monoisotopic (exact) mass is 315 g/mol. The number of pyridine rings is 1. The van der Waals surface area contributed by atoms with Crippen molar-refractivity contribution in [2.24, 2.45) is 0 Å². The van der Waals surface area contributed by atoms with E-state index in [4.69, 9.17) is 16.7 Å². The number of amides is 1. The number of halogens is 1. The number of carbonyl (C=O) groups is 2. The third-order valence-corrected chi connectivity index (χ3v) is 3.45. The fourth-order valence-electron chi connectivity index (χ4n) is 2.04. The van der Waals surface area contributed by atoms with E-state index in [2.05, 4.69) is 15.3 Å². The molecule has 0 unspecified atom stereocenters. The fraction of sp³-hybridized carbons (Fsp3) is 0. The van der Waals surface area contributed by atoms with Crippen LogP contribution in [0.5, 0.6) is 0 Å². The molecule has 3 N–H and O–H groups in total. The van der Waals surface area contributed by atoms with Crippen LogP contribution in [0.3, 0.4) is 0 Å². The summed E-state index contributed by atoms with van der Waals surface area (Å²) in [4.78, 5) is 30.3. The van der Waals surface area contributed by atoms with Gasteiger partial charge in [0.2, 0.25) is 0 Å². The molecular weight excluding hydrogens is 306 g/mol. The van der Waals surface area contributed by atoms with Crippen molar-refractivity contribution in [3.05, 3.63) is 58.9 Å². The van der Waals surface area contributed by atoms with E-state index in [1.807, 2.05) is 6.07 Å². The highest BCUT2D eigenvalue weighted by Gasteiger charge is 2.14. The number of H-pyrrole nitrogens is 1. The Bertz CT molecular complexity index is 889. The zero-order valence-electron chi connectivity index (χ0n) is 11.1. The molecule has 0 aliphatic carbocycles. The van der Waals surface area contributed by atoms with Gasteiger partial charge in [-0.2, -0.15) is 0 Å². The summed E-state index contributed by atoms with van der Waals surface area (Å²) in [7, 11) is 0. The van der Waals surface area contributed by atoms with Crippen molar-refractivity contribution in [2.45, 2.75) is 0 Å². The van der Waals surface area contributed by atoms with E-state index in [0.29, 0.717) is 11.3 Å². The van der Waals surface area contributed by atoms with Crippen LogP contribution in [0.25, 0.3) is 11.0 Å². The summed E-state index contributed by atoms with van der Waals surface area (Å²) in [6.07, 6.45) is 3.25. The first-order valence-corrected chi connectivity index (χ1v) is 6.70. The van der Waals surface area contributed by atoms with Gasteiger partial charge in [0, 0.05) is 11.6 Å². The van der Waals surface area contributed by atoms with E-state index >= 15 is 0 Å². The quantitative estimate of drug-likeness (QED) is 0.691. The Kier molecular flexibility index (Phi) is 3.52. The minimum atomic E-state index is -1.12. The van der Waals surface area contributed by atoms with Gasteiger partial charge in [0.25, 0.3) is 5.91 Å². The summed E-state index contributed by atoms with van der Waals surface area (Å²) in [6, 6.07) is 7.55. The second-order valence-corrected chi connectivity index (χ2v) is 5.00. The molecule has 0 aliphatic rings. The van der Waals surface area contributed by atoms with Gasteiger partial charge in [-0.05, 0) is 30.3 Å². The van der Waals surface area contributed by atoms with E-state index in [1.54, 1.807) is 12.3 Å². The summed E-state index contributed by atoms with van der Waals surface area (Å²) in [5.41, 5.74) is 1.29. The van der Waals surface area contributed by atoms with Crippen LogP contribution in [0.15, 0.2) is 42.7 Å². The van der Waals surface area contributed by atoms with Gasteiger partial charge in [-0.25, -0.2) is 9.78 Å². The summed E-state index contributed by atoms with van der Waals surface area (Å²) < 4.78 is 0. The van der Waals surface area contributed by atoms with Crippen molar-refractivity contribution in [3.8, 4) is 0 Å². The molecule has 0 bridgehead atoms. The molecule has 0 radical (unpaired) electrons. The molecule has 0 aliphatic heterocycles. The molecule has 1 aromatic carbocycles. The Morgan fingerprint density at radius 2 is 2.05 bits per heavy atom. The molecule has 0 spiro atoms. The molecule has 7 heteroatoms. The van der Waals surface area contributed by atoms with Gasteiger partial charge in [0.05, 0.1) is 28.0 Å². The molecule has 0 fully saturated rings. The number of aromatic carboxylic acids is 1. The maximum atomic E-state index is 12.3. The Morgan fingerprint density at radius 1 is 1.23 bits per heavy atom. The van der Waals surface area contributed by atoms with E-state index in [9.17, 15) is 9.59 Å². The molecule has 6 nitrogen and oxygen atoms in total. The third-order valence-electron chi connectivity index (χ3n) is 3.12. The molecule has 0 atom stereocenters. The summed E-state index contributed by atoms with van der Waals surface area (Å²) in [5.74, 6) is -1.62. The smallest absolute Gasteiger partial charge is 0.335 e. The number of nitrogens with one attached hydrogen (secondary N) is 2. The topological polar surface area (TPSA) is 95.1 Å². The number of rotatable bonds is 3. The lowest BCUT2D eigenvalue weighted by Crippen LogP contribution is -2.13. The Hall–Kier alpha value is -2.86. The van der Waals surface area contributed by atoms with Crippen molar-refractivity contribution in [2.75, 3.05) is 5.32 Å². The van der Waals surface area contributed by atoms with Crippen LogP contribution < -0.4 is 5.32 Å². The Balaban J connectivity index is 1.90. The van der Waals surface area contributed by atoms with Gasteiger partial charge in [0.15, 0.2) is 0 Å². The van der Waals surface area contributed by atoms with Crippen LogP contribution in [-0.4, -0.2) is 27.0 Å². The van der Waals surface area contributed by atoms with Crippen LogP contribution in [0, 0.1) is 0 Å². The largest absolute Gasteiger partial charge is 0.478 e. The lowest BCUT2D eigenvalue weighted by Gasteiger charge is -2.07. The summed E-state index contributed by atoms with van der Waals surface area (Å²) in [6.45, 7) is 0. The molecule has 0 saturated heterocycles. The van der Waals surface area contributed by atoms with Gasteiger partial charge < -0.3 is 15.4 Å². The number of anilines is 1. The lowest BCUT2D eigenvalue weighted by molar-refractivity contribution is 0.0697. The maximum absolute atomic E-state index is 12.3. The van der Waals surface area contributed by atoms with Crippen molar-refractivity contribution in [1.29, 1.82) is 0 Å². The summed E-state index contributed by atoms with van der Waals surface area (Å²) in [5, 5.41) is 12.7. The second kappa shape index (κ2) is 5.50. The number of hydrogen-bond acceptors (Lipinski definition) is 3. The third kappa shape index (κ3) is 2.64. The molecule has 110 valence electrons. The highest BCUT2D eigenvalue weighted by molar-refractivity contribution is 6.34. The van der Waals surface area contributed by atoms with Crippen molar-refractivity contribution in [3.63, 3.8) is 0 Å². The minimum Gasteiger partial charge on any atom is -0.478 e. The first-order valence-electron chi connectivity index (χ1n) is 6.32. The van der Waals surface area contributed by atoms with Crippen LogP contribution in [0.4, 0.5) is 5.69 Å². The normalized spacial score (nSPS) is 10.6. The Labute approximate surface area is 129 Å². The standard InChI is InChI=1S/C15H10ClN3O3/c16-12-2-1-9(15(21)22)6-11(12)14(20)19-10-5-8-3-4-17-13(8)18-7-10/h1-7H,(H,17,18)(H,19,20)(H,21,22). The highest BCUT2D eigenvalue weighted by atomic mass is 35.5. The van der Waals surface area contributed by atoms with E-state index < -0.39 is 11.9 Å². The van der Waals surface area contributed by atoms with Crippen LogP contribution >= 0.6 is 11.6 Å². The molecular formula is C15H10ClN3O3. The molecule has 2 aromatic heterocycles. The van der Waals surface area contributed by atoms with Crippen LogP contribution in [0.1, 0.15) is 20.7 Å². The molecule has 0 saturated carbocycles. The number of aromatic nitrogens is 2. The molecule has 22 heavy (non-hydrogen) atoms. The molecule has 3 rings (SSSR count). The van der Waals surface area contributed by atoms with Crippen molar-refractivity contribution < 1.29 is 14.7 Å². The zero-order chi connectivity index (χ0) is 15.7. The molecule has 2 heterocycles. The predicted molar refractivity (Wildman–Crippen MR) is 82.5 cm³/mol. The van der Waals surface area contributed by atoms with Crippen molar-refractivity contribution in [1.82, 2.24) is 9.97 Å². The number of carbonyl (C=O) groups excluding carboxylic acids is 1. The highest BCUT2D eigenvalue weighted by Crippen LogP contribution is 2.21. The number of carboxylic acids is 1. The SMILES string of the molecule is O=C(O)c1ccc(Cl)c(C(=O)Nc2cnc3[nH]ccc3c2)c1. The van der Waals surface area contributed by atoms with Gasteiger partial charge >= 0.3 is 5.97 Å². The Morgan fingerprint density at radius 3 is 2.82 bits per heavy atom. The minimum absolute atomic E-state index is 0.00578. The fourth-order valence-corrected chi connectivity index (χ4v) is 2.24. The average molecular weight is 316 g/mol. The van der Waals surface area contributed by atoms with Gasteiger partial charge in [-0.3, -0.25) is 4.79 Å². The maximum Gasteiger partial charge on any atom is 0.335 e. The number of benzene rings is 1. The van der Waals surface area contributed by atoms with Gasteiger partial charge in [-0.1, -0.05) is 11.6 Å². The molecule has 1 amide bonds. The number of fused-ring (bicyclic) bond motifs is 1. The van der Waals surface area contributed by atoms with E-state index in [0.717, 1.165) is 5.39 Å². The second-order valence-electron chi connectivity index (χ2n) is 4.59. The zero-order valence-corrected chi connectivity index (χ0v) is 11.9. The number of carboxylic acid groups (broad SMARTS) is 1. The van der Waals surface area contributed by atoms with Crippen LogP contribution in [-0.2, 0) is 0 Å². The first kappa shape index (κ1) is 14.1. The summed E-state index contributed by atoms with van der Waals surface area (Å²) >= 11 is 5.97. The van der Waals surface area contributed by atoms with Gasteiger partial charge in [0.1, 0.15) is 5.65 Å². The van der Waals surface area contributed by atoms with Crippen LogP contribution in [0.2, 0.25) is 5.02 Å². The number of nitrogens with zero attached hydrogens (tertiary/aromatic N) is 1. The van der Waals surface area contributed by atoms with E-state index in [1.165, 1.54) is 24.4 Å². The lowest BCUT2D eigenvalue weighted by atomic mass is 10.1. The van der Waals surface area contributed by atoms with Crippen molar-refractivity contribution >= 4 is 40.2 Å². The number of hydrogen-bond donors (Lipinski definition) is 3. The molecule has 3 aromatic rings. The number of aromatic amines is 1. The van der Waals surface area contributed by atoms with E-state index in [-0.39, 0.29) is 16.1 Å².